The molecule has 0 N–H and O–H groups in total. The number of rotatable bonds is 58. The molecule has 0 aliphatic heterocycles. The van der Waals surface area contributed by atoms with Gasteiger partial charge in [-0.3, -0.25) is 14.4 Å². The number of unbranched alkanes of at least 4 members (excludes halogenated alkanes) is 17. The largest absolute Gasteiger partial charge is 0.462 e. The number of carbonyl (C=O) groups excluding carboxylic acids is 3. The summed E-state index contributed by atoms with van der Waals surface area (Å²) in [7, 11) is 0. The lowest BCUT2D eigenvalue weighted by molar-refractivity contribution is -0.167. The Morgan fingerprint density at radius 3 is 0.711 bits per heavy atom. The Balaban J connectivity index is 4.38. The molecular weight excluding hydrogens is 1020 g/mol. The van der Waals surface area contributed by atoms with Crippen molar-refractivity contribution in [3.8, 4) is 0 Å². The second-order valence-corrected chi connectivity index (χ2v) is 21.2. The minimum absolute atomic E-state index is 0.114. The van der Waals surface area contributed by atoms with Crippen molar-refractivity contribution in [1.29, 1.82) is 0 Å². The van der Waals surface area contributed by atoms with Crippen LogP contribution >= 0.6 is 0 Å². The van der Waals surface area contributed by atoms with Crippen LogP contribution in [-0.2, 0) is 28.6 Å². The van der Waals surface area contributed by atoms with E-state index in [4.69, 9.17) is 14.2 Å². The van der Waals surface area contributed by atoms with Gasteiger partial charge in [0.25, 0.3) is 0 Å². The van der Waals surface area contributed by atoms with Crippen LogP contribution in [0.15, 0.2) is 182 Å². The number of hydrogen-bond acceptors (Lipinski definition) is 6. The molecule has 0 fully saturated rings. The van der Waals surface area contributed by atoms with E-state index in [1.807, 2.05) is 0 Å². The fourth-order valence-corrected chi connectivity index (χ4v) is 8.52. The number of carbonyl (C=O) groups is 3. The van der Waals surface area contributed by atoms with Crippen molar-refractivity contribution in [2.45, 2.75) is 271 Å². The van der Waals surface area contributed by atoms with E-state index in [1.54, 1.807) is 0 Å². The van der Waals surface area contributed by atoms with Gasteiger partial charge in [-0.15, -0.1) is 0 Å². The minimum atomic E-state index is -0.825. The van der Waals surface area contributed by atoms with Crippen LogP contribution < -0.4 is 0 Å². The predicted molar refractivity (Wildman–Crippen MR) is 361 cm³/mol. The number of ether oxygens (including phenoxy) is 3. The van der Waals surface area contributed by atoms with Gasteiger partial charge in [0.1, 0.15) is 13.2 Å². The zero-order valence-electron chi connectivity index (χ0n) is 53.1. The molecule has 464 valence electrons. The molecule has 83 heavy (non-hydrogen) atoms. The molecule has 6 heteroatoms. The Morgan fingerprint density at radius 2 is 0.434 bits per heavy atom. The van der Waals surface area contributed by atoms with Crippen LogP contribution in [0.1, 0.15) is 265 Å². The monoisotopic (exact) mass is 1140 g/mol. The summed E-state index contributed by atoms with van der Waals surface area (Å²) in [6.45, 7) is 6.23. The molecule has 0 aliphatic rings. The molecule has 1 unspecified atom stereocenters. The molecule has 0 spiro atoms. The summed E-state index contributed by atoms with van der Waals surface area (Å²) in [5, 5.41) is 0. The van der Waals surface area contributed by atoms with Crippen molar-refractivity contribution < 1.29 is 28.6 Å². The summed E-state index contributed by atoms with van der Waals surface area (Å²) < 4.78 is 16.9. The lowest BCUT2D eigenvalue weighted by Gasteiger charge is -2.18. The van der Waals surface area contributed by atoms with Crippen LogP contribution in [0.25, 0.3) is 0 Å². The van der Waals surface area contributed by atoms with E-state index in [9.17, 15) is 14.4 Å². The smallest absolute Gasteiger partial charge is 0.306 e. The van der Waals surface area contributed by atoms with Gasteiger partial charge in [0.15, 0.2) is 6.10 Å². The van der Waals surface area contributed by atoms with Gasteiger partial charge < -0.3 is 14.2 Å². The van der Waals surface area contributed by atoms with Crippen molar-refractivity contribution >= 4 is 17.9 Å². The van der Waals surface area contributed by atoms with Crippen LogP contribution in [0.3, 0.4) is 0 Å². The van der Waals surface area contributed by atoms with E-state index in [1.165, 1.54) is 64.2 Å². The number of allylic oxidation sites excluding steroid dienone is 30. The zero-order chi connectivity index (χ0) is 59.9. The van der Waals surface area contributed by atoms with Gasteiger partial charge in [-0.1, -0.05) is 274 Å². The molecule has 0 bridgehead atoms. The second-order valence-electron chi connectivity index (χ2n) is 21.2. The third-order valence-electron chi connectivity index (χ3n) is 13.4. The molecular formula is C77H120O6. The molecule has 1 atom stereocenters. The molecule has 0 saturated carbocycles. The molecule has 0 aromatic heterocycles. The summed E-state index contributed by atoms with van der Waals surface area (Å²) in [5.41, 5.74) is 0. The third-order valence-corrected chi connectivity index (χ3v) is 13.4. The average Bonchev–Trinajstić information content (AvgIpc) is 3.49. The second kappa shape index (κ2) is 69.0. The Morgan fingerprint density at radius 1 is 0.241 bits per heavy atom. The van der Waals surface area contributed by atoms with Crippen LogP contribution in [0.4, 0.5) is 0 Å². The van der Waals surface area contributed by atoms with Crippen molar-refractivity contribution in [3.05, 3.63) is 182 Å². The lowest BCUT2D eigenvalue weighted by atomic mass is 10.0. The van der Waals surface area contributed by atoms with Gasteiger partial charge in [0.2, 0.25) is 0 Å². The highest BCUT2D eigenvalue weighted by Gasteiger charge is 2.19. The molecule has 0 aromatic carbocycles. The van der Waals surface area contributed by atoms with Gasteiger partial charge in [0.05, 0.1) is 0 Å². The Bertz CT molecular complexity index is 1940. The first-order valence-corrected chi connectivity index (χ1v) is 33.3. The van der Waals surface area contributed by atoms with Gasteiger partial charge in [-0.25, -0.2) is 0 Å². The Labute approximate surface area is 510 Å². The predicted octanol–water partition coefficient (Wildman–Crippen LogP) is 23.2. The third kappa shape index (κ3) is 67.2. The molecule has 0 rings (SSSR count). The maximum atomic E-state index is 12.9. The van der Waals surface area contributed by atoms with E-state index in [-0.39, 0.29) is 37.5 Å². The first-order valence-electron chi connectivity index (χ1n) is 33.3. The molecule has 6 nitrogen and oxygen atoms in total. The normalized spacial score (nSPS) is 13.3. The molecule has 0 aromatic rings. The lowest BCUT2D eigenvalue weighted by Crippen LogP contribution is -2.30. The van der Waals surface area contributed by atoms with Crippen LogP contribution in [0, 0.1) is 0 Å². The van der Waals surface area contributed by atoms with E-state index < -0.39 is 6.10 Å². The van der Waals surface area contributed by atoms with Crippen molar-refractivity contribution in [2.24, 2.45) is 0 Å². The van der Waals surface area contributed by atoms with E-state index in [0.717, 1.165) is 154 Å². The van der Waals surface area contributed by atoms with E-state index >= 15 is 0 Å². The van der Waals surface area contributed by atoms with Crippen molar-refractivity contribution in [1.82, 2.24) is 0 Å². The Hall–Kier alpha value is -5.49. The van der Waals surface area contributed by atoms with Gasteiger partial charge in [-0.05, 0) is 154 Å². The van der Waals surface area contributed by atoms with Crippen molar-refractivity contribution in [2.75, 3.05) is 13.2 Å². The molecule has 0 aliphatic carbocycles. The minimum Gasteiger partial charge on any atom is -0.462 e. The highest BCUT2D eigenvalue weighted by atomic mass is 16.6. The zero-order valence-corrected chi connectivity index (χ0v) is 53.1. The first kappa shape index (κ1) is 77.5. The average molecular weight is 1140 g/mol. The molecule has 0 radical (unpaired) electrons. The Kier molecular flexibility index (Phi) is 64.4. The topological polar surface area (TPSA) is 78.9 Å². The summed E-state index contributed by atoms with van der Waals surface area (Å²) in [6, 6.07) is 0. The standard InChI is InChI=1S/C77H120O6/c1-4-7-10-13-16-19-22-25-27-29-31-33-34-35-36-37-38-39-40-41-42-44-45-47-49-52-55-58-61-64-67-70-76(79)82-73-74(72-81-75(78)69-66-63-60-57-54-51-24-21-18-15-12-9-6-3)83-77(80)71-68-65-62-59-56-53-50-48-46-43-32-30-28-26-23-20-17-14-11-8-5-2/h7-12,16-21,25-28,31-33,35-36,38-39,43,48,50-51,54,56,59,74H,4-6,13-15,22-24,29-30,34,37,40-42,44-47,49,52-53,55,57-58,60-73H2,1-3H3/b10-7-,11-8-,12-9-,19-16-,20-17-,21-18-,27-25-,28-26-,33-31-,36-35-,39-38-,43-32-,50-48-,54-51-,59-56-. The van der Waals surface area contributed by atoms with Gasteiger partial charge in [0, 0.05) is 19.3 Å². The molecule has 0 heterocycles. The van der Waals surface area contributed by atoms with Gasteiger partial charge >= 0.3 is 17.9 Å². The summed E-state index contributed by atoms with van der Waals surface area (Å²) in [4.78, 5) is 38.3. The maximum absolute atomic E-state index is 12.9. The summed E-state index contributed by atoms with van der Waals surface area (Å²) in [5.74, 6) is -0.996. The van der Waals surface area contributed by atoms with Crippen LogP contribution in [0.5, 0.6) is 0 Å². The van der Waals surface area contributed by atoms with Crippen LogP contribution in [-0.4, -0.2) is 37.2 Å². The fourth-order valence-electron chi connectivity index (χ4n) is 8.52. The van der Waals surface area contributed by atoms with E-state index in [2.05, 4.69) is 203 Å². The highest BCUT2D eigenvalue weighted by Crippen LogP contribution is 2.15. The van der Waals surface area contributed by atoms with Gasteiger partial charge in [-0.2, -0.15) is 0 Å². The first-order chi connectivity index (χ1) is 41.0. The molecule has 0 saturated heterocycles. The number of hydrogen-bond donors (Lipinski definition) is 0. The number of esters is 3. The summed E-state index contributed by atoms with van der Waals surface area (Å²) >= 11 is 0. The van der Waals surface area contributed by atoms with Crippen LogP contribution in [0.2, 0.25) is 0 Å². The van der Waals surface area contributed by atoms with Crippen molar-refractivity contribution in [3.63, 3.8) is 0 Å². The SMILES string of the molecule is CC/C=C\C/C=C\C/C=C\C/C=C\C/C=C\C/C=C\CCCCCCCCCCCCCCC(=O)OCC(COC(=O)CCCCC/C=C\C/C=C\C/C=C\CC)OC(=O)CCCC/C=C\C/C=C\C/C=C\C/C=C\C/C=C\C/C=C\CC. The van der Waals surface area contributed by atoms with E-state index in [0.29, 0.717) is 19.3 Å². The molecule has 0 amide bonds. The summed E-state index contributed by atoms with van der Waals surface area (Å²) in [6.07, 6.45) is 103. The maximum Gasteiger partial charge on any atom is 0.306 e. The highest BCUT2D eigenvalue weighted by molar-refractivity contribution is 5.71. The fraction of sp³-hybridized carbons (Fsp3) is 0.571. The quantitative estimate of drug-likeness (QED) is 0.0261.